The lowest BCUT2D eigenvalue weighted by atomic mass is 10.2. The number of hydrogen-bond acceptors (Lipinski definition) is 3. The van der Waals surface area contributed by atoms with E-state index in [-0.39, 0.29) is 11.7 Å². The zero-order valence-corrected chi connectivity index (χ0v) is 9.66. The van der Waals surface area contributed by atoms with Crippen molar-refractivity contribution in [3.8, 4) is 0 Å². The third-order valence-electron chi connectivity index (χ3n) is 2.06. The quantitative estimate of drug-likeness (QED) is 0.597. The maximum atomic E-state index is 11.5. The number of unbranched alkanes of at least 4 members (excludes halogenated alkanes) is 1. The van der Waals surface area contributed by atoms with E-state index in [9.17, 15) is 13.6 Å². The second-order valence-corrected chi connectivity index (χ2v) is 4.35. The minimum atomic E-state index is -1.98. The third-order valence-corrected chi connectivity index (χ3v) is 2.68. The fourth-order valence-corrected chi connectivity index (χ4v) is 1.68. The van der Waals surface area contributed by atoms with Crippen LogP contribution in [0.1, 0.15) is 23.2 Å². The van der Waals surface area contributed by atoms with E-state index >= 15 is 0 Å². The van der Waals surface area contributed by atoms with E-state index in [1.165, 1.54) is 0 Å². The Hall–Kier alpha value is -1.20. The molecule has 0 bridgehead atoms. The van der Waals surface area contributed by atoms with Crippen LogP contribution < -0.4 is 5.32 Å². The van der Waals surface area contributed by atoms with Crippen LogP contribution in [-0.4, -0.2) is 27.0 Å². The first-order valence-electron chi connectivity index (χ1n) is 5.09. The van der Waals surface area contributed by atoms with Crippen LogP contribution in [0.4, 0.5) is 0 Å². The largest absolute Gasteiger partial charge is 0.772 e. The van der Waals surface area contributed by atoms with Crippen molar-refractivity contribution < 1.29 is 13.6 Å². The summed E-state index contributed by atoms with van der Waals surface area (Å²) in [6, 6.07) is 8.93. The minimum absolute atomic E-state index is 0.121. The molecule has 1 atom stereocenters. The van der Waals surface area contributed by atoms with Crippen molar-refractivity contribution in [3.05, 3.63) is 35.9 Å². The summed E-state index contributed by atoms with van der Waals surface area (Å²) < 4.78 is 20.5. The number of hydrogen-bond donors (Lipinski definition) is 1. The molecule has 5 heteroatoms. The number of nitrogens with one attached hydrogen (secondary N) is 1. The lowest BCUT2D eigenvalue weighted by Crippen LogP contribution is -2.24. The van der Waals surface area contributed by atoms with Crippen LogP contribution in [0.15, 0.2) is 30.3 Å². The highest BCUT2D eigenvalue weighted by molar-refractivity contribution is 7.79. The molecule has 1 N–H and O–H groups in total. The normalized spacial score (nSPS) is 12.1. The minimum Gasteiger partial charge on any atom is -0.772 e. The molecule has 88 valence electrons. The van der Waals surface area contributed by atoms with Gasteiger partial charge in [-0.2, -0.15) is 0 Å². The van der Waals surface area contributed by atoms with Gasteiger partial charge in [-0.3, -0.25) is 9.00 Å². The van der Waals surface area contributed by atoms with E-state index in [4.69, 9.17) is 0 Å². The van der Waals surface area contributed by atoms with Gasteiger partial charge in [-0.15, -0.1) is 0 Å². The molecule has 0 fully saturated rings. The summed E-state index contributed by atoms with van der Waals surface area (Å²) in [5.41, 5.74) is 0.620. The van der Waals surface area contributed by atoms with Crippen molar-refractivity contribution in [1.82, 2.24) is 5.32 Å². The zero-order valence-electron chi connectivity index (χ0n) is 8.85. The maximum Gasteiger partial charge on any atom is 0.251 e. The average molecular weight is 240 g/mol. The molecule has 4 nitrogen and oxygen atoms in total. The summed E-state index contributed by atoms with van der Waals surface area (Å²) in [4.78, 5) is 11.5. The number of amides is 1. The molecule has 0 radical (unpaired) electrons. The van der Waals surface area contributed by atoms with E-state index in [2.05, 4.69) is 5.32 Å². The molecular formula is C11H14NO3S-. The fraction of sp³-hybridized carbons (Fsp3) is 0.364. The van der Waals surface area contributed by atoms with Crippen LogP contribution in [0.3, 0.4) is 0 Å². The zero-order chi connectivity index (χ0) is 11.8. The highest BCUT2D eigenvalue weighted by Crippen LogP contribution is 1.98. The van der Waals surface area contributed by atoms with Crippen molar-refractivity contribution >= 4 is 17.0 Å². The van der Waals surface area contributed by atoms with Gasteiger partial charge < -0.3 is 9.87 Å². The Labute approximate surface area is 97.3 Å². The van der Waals surface area contributed by atoms with Crippen molar-refractivity contribution in [1.29, 1.82) is 0 Å². The molecule has 1 rings (SSSR count). The van der Waals surface area contributed by atoms with Gasteiger partial charge in [0.25, 0.3) is 5.91 Å². The summed E-state index contributed by atoms with van der Waals surface area (Å²) in [5, 5.41) is 2.73. The van der Waals surface area contributed by atoms with Crippen LogP contribution in [-0.2, 0) is 11.1 Å². The van der Waals surface area contributed by atoms with Gasteiger partial charge in [0.2, 0.25) is 0 Å². The standard InChI is InChI=1S/C11H15NO3S/c13-11(10-6-2-1-3-7-10)12-8-4-5-9-16(14)15/h1-3,6-7H,4-5,8-9H2,(H,12,13)(H,14,15)/p-1. The second kappa shape index (κ2) is 7.14. The Morgan fingerprint density at radius 1 is 1.25 bits per heavy atom. The van der Waals surface area contributed by atoms with Gasteiger partial charge in [0.05, 0.1) is 0 Å². The Kier molecular flexibility index (Phi) is 5.74. The summed E-state index contributed by atoms with van der Waals surface area (Å²) in [7, 11) is 0. The molecule has 1 aromatic rings. The van der Waals surface area contributed by atoms with Crippen LogP contribution in [0.2, 0.25) is 0 Å². The molecule has 1 aromatic carbocycles. The van der Waals surface area contributed by atoms with Crippen molar-refractivity contribution in [2.45, 2.75) is 12.8 Å². The molecule has 1 unspecified atom stereocenters. The second-order valence-electron chi connectivity index (χ2n) is 3.34. The number of rotatable bonds is 6. The van der Waals surface area contributed by atoms with Gasteiger partial charge in [-0.1, -0.05) is 29.3 Å². The maximum absolute atomic E-state index is 11.5. The Balaban J connectivity index is 2.19. The van der Waals surface area contributed by atoms with Gasteiger partial charge in [0.1, 0.15) is 0 Å². The van der Waals surface area contributed by atoms with Crippen LogP contribution in [0.5, 0.6) is 0 Å². The van der Waals surface area contributed by atoms with Gasteiger partial charge >= 0.3 is 0 Å². The molecule has 0 saturated carbocycles. The lowest BCUT2D eigenvalue weighted by Gasteiger charge is -2.06. The number of carbonyl (C=O) groups excluding carboxylic acids is 1. The predicted molar refractivity (Wildman–Crippen MR) is 61.8 cm³/mol. The smallest absolute Gasteiger partial charge is 0.251 e. The molecule has 0 aliphatic carbocycles. The molecule has 1 amide bonds. The lowest BCUT2D eigenvalue weighted by molar-refractivity contribution is 0.0953. The summed E-state index contributed by atoms with van der Waals surface area (Å²) in [5.74, 6) is 0.0325. The van der Waals surface area contributed by atoms with Gasteiger partial charge in [0, 0.05) is 17.9 Å². The van der Waals surface area contributed by atoms with Gasteiger partial charge in [-0.05, 0) is 25.0 Å². The SMILES string of the molecule is O=C(NCCCCS(=O)[O-])c1ccccc1. The van der Waals surface area contributed by atoms with E-state index in [0.29, 0.717) is 24.9 Å². The summed E-state index contributed by atoms with van der Waals surface area (Å²) >= 11 is -1.98. The first kappa shape index (κ1) is 12.9. The monoisotopic (exact) mass is 240 g/mol. The molecule has 0 aliphatic rings. The van der Waals surface area contributed by atoms with Crippen LogP contribution >= 0.6 is 0 Å². The van der Waals surface area contributed by atoms with Gasteiger partial charge in [0.15, 0.2) is 0 Å². The highest BCUT2D eigenvalue weighted by atomic mass is 32.2. The van der Waals surface area contributed by atoms with Gasteiger partial charge in [-0.25, -0.2) is 0 Å². The number of benzene rings is 1. The predicted octanol–water partition coefficient (Wildman–Crippen LogP) is 1.08. The third kappa shape index (κ3) is 5.04. The number of carbonyl (C=O) groups is 1. The summed E-state index contributed by atoms with van der Waals surface area (Å²) in [6.45, 7) is 0.505. The van der Waals surface area contributed by atoms with Crippen LogP contribution in [0, 0.1) is 0 Å². The van der Waals surface area contributed by atoms with E-state index in [1.54, 1.807) is 24.3 Å². The molecule has 0 aliphatic heterocycles. The highest BCUT2D eigenvalue weighted by Gasteiger charge is 2.02. The van der Waals surface area contributed by atoms with Crippen LogP contribution in [0.25, 0.3) is 0 Å². The van der Waals surface area contributed by atoms with Crippen molar-refractivity contribution in [2.75, 3.05) is 12.3 Å². The molecular weight excluding hydrogens is 226 g/mol. The summed E-state index contributed by atoms with van der Waals surface area (Å²) in [6.07, 6.45) is 1.25. The Bertz CT molecular complexity index is 354. The average Bonchev–Trinajstić information content (AvgIpc) is 2.29. The van der Waals surface area contributed by atoms with E-state index in [1.807, 2.05) is 6.07 Å². The molecule has 0 saturated heterocycles. The first-order chi connectivity index (χ1) is 7.70. The van der Waals surface area contributed by atoms with E-state index in [0.717, 1.165) is 0 Å². The Morgan fingerprint density at radius 2 is 1.94 bits per heavy atom. The first-order valence-corrected chi connectivity index (χ1v) is 6.33. The fourth-order valence-electron chi connectivity index (χ4n) is 1.24. The Morgan fingerprint density at radius 3 is 2.56 bits per heavy atom. The molecule has 0 aromatic heterocycles. The topological polar surface area (TPSA) is 69.2 Å². The van der Waals surface area contributed by atoms with Crippen molar-refractivity contribution in [2.24, 2.45) is 0 Å². The van der Waals surface area contributed by atoms with E-state index < -0.39 is 11.1 Å². The molecule has 0 heterocycles. The molecule has 16 heavy (non-hydrogen) atoms. The molecule has 0 spiro atoms. The van der Waals surface area contributed by atoms with Crippen molar-refractivity contribution in [3.63, 3.8) is 0 Å².